The van der Waals surface area contributed by atoms with Crippen LogP contribution in [0.1, 0.15) is 29.4 Å². The predicted molar refractivity (Wildman–Crippen MR) is 125 cm³/mol. The second-order valence-electron chi connectivity index (χ2n) is 6.96. The van der Waals surface area contributed by atoms with Crippen molar-refractivity contribution < 1.29 is 17.9 Å². The average Bonchev–Trinajstić information content (AvgIpc) is 3.12. The number of hydrogen-bond donors (Lipinski definition) is 2. The molecular weight excluding hydrogens is 466 g/mol. The molecule has 172 valence electrons. The van der Waals surface area contributed by atoms with E-state index in [2.05, 4.69) is 15.1 Å². The van der Waals surface area contributed by atoms with Crippen LogP contribution in [-0.2, 0) is 16.6 Å². The van der Waals surface area contributed by atoms with E-state index in [1.165, 1.54) is 22.9 Å². The number of aromatic nitrogens is 2. The normalized spacial score (nSPS) is 11.0. The van der Waals surface area contributed by atoms with Gasteiger partial charge in [-0.2, -0.15) is 10.4 Å². The van der Waals surface area contributed by atoms with Crippen molar-refractivity contribution in [1.29, 1.82) is 5.26 Å². The molecule has 2 aromatic carbocycles. The summed E-state index contributed by atoms with van der Waals surface area (Å²) in [5.74, 6) is 0.399. The number of benzene rings is 2. The zero-order chi connectivity index (χ0) is 24.0. The van der Waals surface area contributed by atoms with E-state index < -0.39 is 15.9 Å². The van der Waals surface area contributed by atoms with E-state index in [9.17, 15) is 13.2 Å². The van der Waals surface area contributed by atoms with Crippen LogP contribution >= 0.6 is 11.6 Å². The third-order valence-corrected chi connectivity index (χ3v) is 6.20. The lowest BCUT2D eigenvalue weighted by molar-refractivity contribution is 0.102. The van der Waals surface area contributed by atoms with E-state index in [0.717, 1.165) is 0 Å². The zero-order valence-corrected chi connectivity index (χ0v) is 19.6. The molecule has 2 N–H and O–H groups in total. The van der Waals surface area contributed by atoms with Crippen molar-refractivity contribution in [3.8, 4) is 11.8 Å². The van der Waals surface area contributed by atoms with Crippen molar-refractivity contribution in [2.75, 3.05) is 16.6 Å². The van der Waals surface area contributed by atoms with Crippen LogP contribution in [0.3, 0.4) is 0 Å². The minimum Gasteiger partial charge on any atom is -0.494 e. The summed E-state index contributed by atoms with van der Waals surface area (Å²) in [5.41, 5.74) is 0.985. The van der Waals surface area contributed by atoms with Gasteiger partial charge < -0.3 is 10.1 Å². The Kier molecular flexibility index (Phi) is 7.58. The molecule has 0 saturated carbocycles. The number of hydrogen-bond acceptors (Lipinski definition) is 6. The Labute approximate surface area is 197 Å². The van der Waals surface area contributed by atoms with E-state index >= 15 is 0 Å². The third kappa shape index (κ3) is 6.03. The maximum atomic E-state index is 12.9. The summed E-state index contributed by atoms with van der Waals surface area (Å²) < 4.78 is 35.1. The summed E-state index contributed by atoms with van der Waals surface area (Å²) in [5, 5.41) is 15.8. The summed E-state index contributed by atoms with van der Waals surface area (Å²) in [6.07, 6.45) is 0.218. The Morgan fingerprint density at radius 3 is 2.61 bits per heavy atom. The molecule has 0 spiro atoms. The van der Waals surface area contributed by atoms with Gasteiger partial charge in [0, 0.05) is 11.8 Å². The number of sulfonamides is 1. The molecule has 0 bridgehead atoms. The number of rotatable bonds is 9. The number of anilines is 2. The number of nitriles is 1. The number of nitrogens with zero attached hydrogens (tertiary/aromatic N) is 3. The van der Waals surface area contributed by atoms with Crippen molar-refractivity contribution in [1.82, 2.24) is 9.78 Å². The number of nitrogens with one attached hydrogen (secondary N) is 2. The van der Waals surface area contributed by atoms with E-state index in [4.69, 9.17) is 21.6 Å². The Morgan fingerprint density at radius 2 is 1.94 bits per heavy atom. The van der Waals surface area contributed by atoms with Gasteiger partial charge >= 0.3 is 0 Å². The first-order chi connectivity index (χ1) is 15.7. The lowest BCUT2D eigenvalue weighted by Gasteiger charge is -2.12. The van der Waals surface area contributed by atoms with E-state index in [1.807, 2.05) is 13.0 Å². The number of halogens is 1. The van der Waals surface area contributed by atoms with Gasteiger partial charge in [-0.1, -0.05) is 11.6 Å². The highest BCUT2D eigenvalue weighted by molar-refractivity contribution is 7.92. The highest BCUT2D eigenvalue weighted by atomic mass is 35.5. The zero-order valence-electron chi connectivity index (χ0n) is 18.0. The lowest BCUT2D eigenvalue weighted by Crippen LogP contribution is -2.18. The van der Waals surface area contributed by atoms with Crippen LogP contribution in [0.4, 0.5) is 11.5 Å². The van der Waals surface area contributed by atoms with Gasteiger partial charge in [-0.25, -0.2) is 13.1 Å². The Hall–Kier alpha value is -3.55. The molecule has 0 aliphatic carbocycles. The van der Waals surface area contributed by atoms with Gasteiger partial charge in [-0.05, 0) is 56.3 Å². The first kappa shape index (κ1) is 24.1. The number of ether oxygens (including phenoxy) is 1. The summed E-state index contributed by atoms with van der Waals surface area (Å²) in [7, 11) is -3.98. The summed E-state index contributed by atoms with van der Waals surface area (Å²) in [4.78, 5) is 12.8. The minimum atomic E-state index is -3.98. The molecule has 9 nitrogen and oxygen atoms in total. The van der Waals surface area contributed by atoms with Gasteiger partial charge in [0.2, 0.25) is 0 Å². The first-order valence-corrected chi connectivity index (χ1v) is 11.9. The van der Waals surface area contributed by atoms with Gasteiger partial charge in [-0.15, -0.1) is 0 Å². The molecule has 33 heavy (non-hydrogen) atoms. The standard InChI is InChI=1S/C22H22ClN5O4S/c1-3-32-17-7-5-16(6-8-17)27-33(30,31)18-9-10-20(23)19(14-18)22(29)25-21-13-15(2)26-28(21)12-4-11-24/h5-10,13-14,27H,3-4,12H2,1-2H3,(H,25,29). The Morgan fingerprint density at radius 1 is 1.21 bits per heavy atom. The molecule has 1 amide bonds. The van der Waals surface area contributed by atoms with Crippen LogP contribution in [0.15, 0.2) is 53.4 Å². The molecule has 3 rings (SSSR count). The van der Waals surface area contributed by atoms with Gasteiger partial charge in [0.25, 0.3) is 15.9 Å². The van der Waals surface area contributed by atoms with Crippen molar-refractivity contribution in [2.45, 2.75) is 31.7 Å². The fourth-order valence-corrected chi connectivity index (χ4v) is 4.29. The van der Waals surface area contributed by atoms with E-state index in [0.29, 0.717) is 36.1 Å². The first-order valence-electron chi connectivity index (χ1n) is 10.0. The monoisotopic (exact) mass is 487 g/mol. The fraction of sp³-hybridized carbons (Fsp3) is 0.227. The number of amides is 1. The molecular formula is C22H22ClN5O4S. The molecule has 0 fully saturated rings. The highest BCUT2D eigenvalue weighted by Crippen LogP contribution is 2.25. The van der Waals surface area contributed by atoms with Crippen LogP contribution in [0.25, 0.3) is 0 Å². The number of carbonyl (C=O) groups excluding carboxylic acids is 1. The lowest BCUT2D eigenvalue weighted by atomic mass is 10.2. The predicted octanol–water partition coefficient (Wildman–Crippen LogP) is 4.21. The van der Waals surface area contributed by atoms with Gasteiger partial charge in [0.1, 0.15) is 11.6 Å². The van der Waals surface area contributed by atoms with Crippen molar-refractivity contribution in [2.24, 2.45) is 0 Å². The quantitative estimate of drug-likeness (QED) is 0.465. The minimum absolute atomic E-state index is 0.0167. The molecule has 11 heteroatoms. The van der Waals surface area contributed by atoms with Gasteiger partial charge in [-0.3, -0.25) is 9.52 Å². The number of aryl methyl sites for hydroxylation is 2. The smallest absolute Gasteiger partial charge is 0.261 e. The van der Waals surface area contributed by atoms with E-state index in [1.54, 1.807) is 37.3 Å². The van der Waals surface area contributed by atoms with Gasteiger partial charge in [0.15, 0.2) is 0 Å². The summed E-state index contributed by atoms with van der Waals surface area (Å²) in [6.45, 7) is 4.41. The maximum Gasteiger partial charge on any atom is 0.261 e. The summed E-state index contributed by atoms with van der Waals surface area (Å²) >= 11 is 6.19. The molecule has 1 heterocycles. The fourth-order valence-electron chi connectivity index (χ4n) is 3.00. The molecule has 1 aromatic heterocycles. The van der Waals surface area contributed by atoms with Crippen LogP contribution in [-0.4, -0.2) is 30.7 Å². The molecule has 0 aliphatic heterocycles. The molecule has 3 aromatic rings. The van der Waals surface area contributed by atoms with E-state index in [-0.39, 0.29) is 21.9 Å². The second-order valence-corrected chi connectivity index (χ2v) is 9.05. The highest BCUT2D eigenvalue weighted by Gasteiger charge is 2.20. The topological polar surface area (TPSA) is 126 Å². The van der Waals surface area contributed by atoms with Crippen LogP contribution in [0, 0.1) is 18.3 Å². The molecule has 0 radical (unpaired) electrons. The Balaban J connectivity index is 1.82. The number of carbonyl (C=O) groups is 1. The molecule has 0 atom stereocenters. The SMILES string of the molecule is CCOc1ccc(NS(=O)(=O)c2ccc(Cl)c(C(=O)Nc3cc(C)nn3CCC#N)c2)cc1. The van der Waals surface area contributed by atoms with Crippen LogP contribution in [0.2, 0.25) is 5.02 Å². The molecule has 0 saturated heterocycles. The van der Waals surface area contributed by atoms with Crippen molar-refractivity contribution in [3.05, 3.63) is 64.8 Å². The maximum absolute atomic E-state index is 12.9. The van der Waals surface area contributed by atoms with Crippen LogP contribution in [0.5, 0.6) is 5.75 Å². The molecule has 0 unspecified atom stereocenters. The Bertz CT molecular complexity index is 1300. The van der Waals surface area contributed by atoms with Crippen molar-refractivity contribution >= 4 is 39.0 Å². The van der Waals surface area contributed by atoms with Gasteiger partial charge in [0.05, 0.1) is 46.8 Å². The van der Waals surface area contributed by atoms with Crippen molar-refractivity contribution in [3.63, 3.8) is 0 Å². The second kappa shape index (κ2) is 10.4. The average molecular weight is 488 g/mol. The van der Waals surface area contributed by atoms with Crippen LogP contribution < -0.4 is 14.8 Å². The largest absolute Gasteiger partial charge is 0.494 e. The summed E-state index contributed by atoms with van der Waals surface area (Å²) in [6, 6.07) is 14.0. The molecule has 0 aliphatic rings. The third-order valence-electron chi connectivity index (χ3n) is 4.49.